The van der Waals surface area contributed by atoms with E-state index in [1.54, 1.807) is 0 Å². The minimum atomic E-state index is 0.823. The van der Waals surface area contributed by atoms with Crippen LogP contribution in [-0.4, -0.2) is 4.98 Å². The van der Waals surface area contributed by atoms with Crippen molar-refractivity contribution in [2.24, 2.45) is 0 Å². The second-order valence-electron chi connectivity index (χ2n) is 4.32. The quantitative estimate of drug-likeness (QED) is 0.522. The molecule has 0 fully saturated rings. The number of hydrogen-bond donors (Lipinski definition) is 0. The summed E-state index contributed by atoms with van der Waals surface area (Å²) in [5.41, 5.74) is 3.03. The van der Waals surface area contributed by atoms with Crippen LogP contribution in [0.5, 0.6) is 0 Å². The number of hydrogen-bond acceptors (Lipinski definition) is 1. The number of aromatic nitrogens is 1. The van der Waals surface area contributed by atoms with Crippen LogP contribution < -0.4 is 0 Å². The Morgan fingerprint density at radius 3 is 2.59 bits per heavy atom. The van der Waals surface area contributed by atoms with Crippen LogP contribution in [0, 0.1) is 13.8 Å². The number of halogens is 1. The SMILES string of the molecule is Cc1nc2ccc3ccccc3c2c(Cl)c1C. The first kappa shape index (κ1) is 10.5. The lowest BCUT2D eigenvalue weighted by Crippen LogP contribution is -1.91. The zero-order valence-corrected chi connectivity index (χ0v) is 10.5. The first-order valence-corrected chi connectivity index (χ1v) is 6.00. The van der Waals surface area contributed by atoms with Crippen LogP contribution in [0.4, 0.5) is 0 Å². The van der Waals surface area contributed by atoms with E-state index in [2.05, 4.69) is 23.2 Å². The van der Waals surface area contributed by atoms with Crippen molar-refractivity contribution in [1.82, 2.24) is 4.98 Å². The Bertz CT molecular complexity index is 732. The van der Waals surface area contributed by atoms with Gasteiger partial charge in [-0.25, -0.2) is 0 Å². The fraction of sp³-hybridized carbons (Fsp3) is 0.133. The van der Waals surface area contributed by atoms with Crippen LogP contribution in [0.2, 0.25) is 5.02 Å². The van der Waals surface area contributed by atoms with Gasteiger partial charge in [-0.15, -0.1) is 0 Å². The minimum Gasteiger partial charge on any atom is -0.253 e. The Balaban J connectivity index is 2.62. The summed E-state index contributed by atoms with van der Waals surface area (Å²) in [6.07, 6.45) is 0. The molecule has 0 amide bonds. The molecule has 1 aromatic heterocycles. The fourth-order valence-corrected chi connectivity index (χ4v) is 2.53. The van der Waals surface area contributed by atoms with Crippen molar-refractivity contribution in [2.75, 3.05) is 0 Å². The average molecular weight is 242 g/mol. The molecule has 0 saturated heterocycles. The summed E-state index contributed by atoms with van der Waals surface area (Å²) in [6, 6.07) is 12.4. The second kappa shape index (κ2) is 3.71. The van der Waals surface area contributed by atoms with E-state index in [-0.39, 0.29) is 0 Å². The lowest BCUT2D eigenvalue weighted by atomic mass is 10.0. The van der Waals surface area contributed by atoms with Crippen LogP contribution in [-0.2, 0) is 0 Å². The van der Waals surface area contributed by atoms with Gasteiger partial charge in [0, 0.05) is 11.1 Å². The maximum absolute atomic E-state index is 6.47. The highest BCUT2D eigenvalue weighted by Crippen LogP contribution is 2.33. The van der Waals surface area contributed by atoms with Crippen LogP contribution in [0.1, 0.15) is 11.3 Å². The zero-order chi connectivity index (χ0) is 12.0. The molecule has 0 atom stereocenters. The first-order valence-electron chi connectivity index (χ1n) is 5.62. The van der Waals surface area contributed by atoms with Crippen LogP contribution in [0.25, 0.3) is 21.7 Å². The maximum Gasteiger partial charge on any atom is 0.0726 e. The minimum absolute atomic E-state index is 0.823. The molecule has 1 nitrogen and oxygen atoms in total. The smallest absolute Gasteiger partial charge is 0.0726 e. The van der Waals surface area contributed by atoms with Crippen LogP contribution in [0.15, 0.2) is 36.4 Å². The molecule has 3 aromatic rings. The molecule has 1 heterocycles. The topological polar surface area (TPSA) is 12.9 Å². The molecule has 0 radical (unpaired) electrons. The molecule has 0 unspecified atom stereocenters. The van der Waals surface area contributed by atoms with Crippen molar-refractivity contribution in [1.29, 1.82) is 0 Å². The summed E-state index contributed by atoms with van der Waals surface area (Å²) in [4.78, 5) is 4.60. The molecule has 0 bridgehead atoms. The third-order valence-electron chi connectivity index (χ3n) is 3.29. The highest BCUT2D eigenvalue weighted by molar-refractivity contribution is 6.38. The highest BCUT2D eigenvalue weighted by Gasteiger charge is 2.09. The van der Waals surface area contributed by atoms with Gasteiger partial charge in [-0.1, -0.05) is 41.9 Å². The van der Waals surface area contributed by atoms with Gasteiger partial charge in [0.15, 0.2) is 0 Å². The second-order valence-corrected chi connectivity index (χ2v) is 4.69. The monoisotopic (exact) mass is 241 g/mol. The van der Waals surface area contributed by atoms with E-state index < -0.39 is 0 Å². The van der Waals surface area contributed by atoms with Crippen molar-refractivity contribution in [3.05, 3.63) is 52.7 Å². The van der Waals surface area contributed by atoms with Crippen molar-refractivity contribution in [2.45, 2.75) is 13.8 Å². The Morgan fingerprint density at radius 2 is 1.76 bits per heavy atom. The first-order chi connectivity index (χ1) is 8.18. The Hall–Kier alpha value is -1.60. The average Bonchev–Trinajstić information content (AvgIpc) is 2.35. The highest BCUT2D eigenvalue weighted by atomic mass is 35.5. The van der Waals surface area contributed by atoms with Gasteiger partial charge in [-0.2, -0.15) is 0 Å². The molecule has 2 heteroatoms. The van der Waals surface area contributed by atoms with E-state index in [9.17, 15) is 0 Å². The standard InChI is InChI=1S/C15H12ClN/c1-9-10(2)17-13-8-7-11-5-3-4-6-12(11)14(13)15(9)16/h3-8H,1-2H3. The molecular formula is C15H12ClN. The number of rotatable bonds is 0. The van der Waals surface area contributed by atoms with Crippen LogP contribution >= 0.6 is 11.6 Å². The van der Waals surface area contributed by atoms with E-state index >= 15 is 0 Å². The molecule has 0 aliphatic rings. The summed E-state index contributed by atoms with van der Waals surface area (Å²) in [7, 11) is 0. The molecule has 17 heavy (non-hydrogen) atoms. The molecule has 2 aromatic carbocycles. The molecular weight excluding hydrogens is 230 g/mol. The van der Waals surface area contributed by atoms with Gasteiger partial charge in [0.05, 0.1) is 10.5 Å². The molecule has 3 rings (SSSR count). The largest absolute Gasteiger partial charge is 0.253 e. The zero-order valence-electron chi connectivity index (χ0n) is 9.79. The Labute approximate surface area is 105 Å². The number of aryl methyl sites for hydroxylation is 1. The predicted octanol–water partition coefficient (Wildman–Crippen LogP) is 4.66. The van der Waals surface area contributed by atoms with Gasteiger partial charge in [0.1, 0.15) is 0 Å². The van der Waals surface area contributed by atoms with E-state index in [1.807, 2.05) is 32.0 Å². The number of pyridine rings is 1. The molecule has 84 valence electrons. The Morgan fingerprint density at radius 1 is 1.00 bits per heavy atom. The fourth-order valence-electron chi connectivity index (χ4n) is 2.19. The lowest BCUT2D eigenvalue weighted by molar-refractivity contribution is 1.20. The summed E-state index contributed by atoms with van der Waals surface area (Å²) < 4.78 is 0. The maximum atomic E-state index is 6.47. The van der Waals surface area contributed by atoms with Gasteiger partial charge in [-0.05, 0) is 36.2 Å². The van der Waals surface area contributed by atoms with Crippen molar-refractivity contribution >= 4 is 33.3 Å². The third-order valence-corrected chi connectivity index (χ3v) is 3.76. The number of benzene rings is 2. The van der Waals surface area contributed by atoms with E-state index in [4.69, 9.17) is 11.6 Å². The van der Waals surface area contributed by atoms with Crippen molar-refractivity contribution < 1.29 is 0 Å². The third kappa shape index (κ3) is 1.50. The normalized spacial score (nSPS) is 11.2. The molecule has 0 spiro atoms. The molecule has 0 saturated carbocycles. The lowest BCUT2D eigenvalue weighted by Gasteiger charge is -2.09. The number of fused-ring (bicyclic) bond motifs is 3. The molecule has 0 aliphatic heterocycles. The van der Waals surface area contributed by atoms with Gasteiger partial charge in [0.2, 0.25) is 0 Å². The van der Waals surface area contributed by atoms with Gasteiger partial charge in [0.25, 0.3) is 0 Å². The summed E-state index contributed by atoms with van der Waals surface area (Å²) in [5.74, 6) is 0. The van der Waals surface area contributed by atoms with E-state index in [1.165, 1.54) is 10.8 Å². The molecule has 0 aliphatic carbocycles. The summed E-state index contributed by atoms with van der Waals surface area (Å²) in [6.45, 7) is 4.02. The summed E-state index contributed by atoms with van der Waals surface area (Å²) in [5, 5.41) is 4.26. The van der Waals surface area contributed by atoms with E-state index in [0.29, 0.717) is 0 Å². The number of nitrogens with zero attached hydrogens (tertiary/aromatic N) is 1. The van der Waals surface area contributed by atoms with Crippen molar-refractivity contribution in [3.8, 4) is 0 Å². The van der Waals surface area contributed by atoms with E-state index in [0.717, 1.165) is 27.2 Å². The van der Waals surface area contributed by atoms with Gasteiger partial charge >= 0.3 is 0 Å². The summed E-state index contributed by atoms with van der Waals surface area (Å²) >= 11 is 6.47. The van der Waals surface area contributed by atoms with Gasteiger partial charge in [-0.3, -0.25) is 4.98 Å². The Kier molecular flexibility index (Phi) is 2.30. The molecule has 0 N–H and O–H groups in total. The van der Waals surface area contributed by atoms with Crippen LogP contribution in [0.3, 0.4) is 0 Å². The predicted molar refractivity (Wildman–Crippen MR) is 73.7 cm³/mol. The van der Waals surface area contributed by atoms with Gasteiger partial charge < -0.3 is 0 Å². The van der Waals surface area contributed by atoms with Crippen molar-refractivity contribution in [3.63, 3.8) is 0 Å².